The molecule has 0 aromatic heterocycles. The van der Waals surface area contributed by atoms with Crippen LogP contribution >= 0.6 is 0 Å². The summed E-state index contributed by atoms with van der Waals surface area (Å²) < 4.78 is 13.2. The van der Waals surface area contributed by atoms with Crippen LogP contribution in [0.25, 0.3) is 0 Å². The van der Waals surface area contributed by atoms with Gasteiger partial charge in [0.2, 0.25) is 0 Å². The van der Waals surface area contributed by atoms with Crippen molar-refractivity contribution in [1.82, 2.24) is 5.32 Å². The van der Waals surface area contributed by atoms with E-state index in [2.05, 4.69) is 10.6 Å². The van der Waals surface area contributed by atoms with Gasteiger partial charge in [0.25, 0.3) is 5.91 Å². The maximum atomic E-state index is 13.2. The Bertz CT molecular complexity index is 518. The molecule has 5 N–H and O–H groups in total. The molecule has 0 spiro atoms. The van der Waals surface area contributed by atoms with Crippen molar-refractivity contribution in [2.24, 2.45) is 5.73 Å². The highest BCUT2D eigenvalue weighted by Crippen LogP contribution is 2.14. The van der Waals surface area contributed by atoms with Gasteiger partial charge in [0, 0.05) is 12.2 Å². The number of carbonyl (C=O) groups is 2. The molecule has 3 amide bonds. The average molecular weight is 283 g/mol. The molecular weight excluding hydrogens is 265 g/mol. The highest BCUT2D eigenvalue weighted by atomic mass is 19.1. The maximum absolute atomic E-state index is 13.2. The normalized spacial score (nSPS) is 13.4. The maximum Gasteiger partial charge on any atom is 0.319 e. The molecule has 0 aliphatic carbocycles. The minimum atomic E-state index is -1.00. The van der Waals surface area contributed by atoms with Crippen LogP contribution in [0.5, 0.6) is 0 Å². The zero-order valence-electron chi connectivity index (χ0n) is 11.4. The third-order valence-electron chi connectivity index (χ3n) is 2.88. The van der Waals surface area contributed by atoms with Crippen molar-refractivity contribution in [2.75, 3.05) is 11.9 Å². The zero-order valence-corrected chi connectivity index (χ0v) is 11.4. The van der Waals surface area contributed by atoms with E-state index < -0.39 is 23.4 Å². The Morgan fingerprint density at radius 2 is 2.10 bits per heavy atom. The molecule has 20 heavy (non-hydrogen) atoms. The van der Waals surface area contributed by atoms with Crippen LogP contribution < -0.4 is 16.4 Å². The SMILES string of the molecule is CC[C@@](C)(O)CNC(=O)Nc1ccc(F)c(C(N)=O)c1. The quantitative estimate of drug-likeness (QED) is 0.652. The fourth-order valence-corrected chi connectivity index (χ4v) is 1.36. The largest absolute Gasteiger partial charge is 0.388 e. The number of primary amides is 1. The number of anilines is 1. The minimum Gasteiger partial charge on any atom is -0.388 e. The van der Waals surface area contributed by atoms with E-state index in [0.29, 0.717) is 6.42 Å². The van der Waals surface area contributed by atoms with Gasteiger partial charge in [0.1, 0.15) is 5.82 Å². The number of amides is 3. The molecule has 0 aliphatic rings. The van der Waals surface area contributed by atoms with Gasteiger partial charge >= 0.3 is 6.03 Å². The number of rotatable bonds is 5. The number of hydrogen-bond donors (Lipinski definition) is 4. The van der Waals surface area contributed by atoms with Crippen LogP contribution in [-0.2, 0) is 0 Å². The number of halogens is 1. The molecule has 0 fully saturated rings. The summed E-state index contributed by atoms with van der Waals surface area (Å²) in [4.78, 5) is 22.6. The molecule has 0 unspecified atom stereocenters. The summed E-state index contributed by atoms with van der Waals surface area (Å²) in [6.07, 6.45) is 0.482. The highest BCUT2D eigenvalue weighted by molar-refractivity contribution is 5.96. The number of urea groups is 1. The highest BCUT2D eigenvalue weighted by Gasteiger charge is 2.18. The first-order valence-electron chi connectivity index (χ1n) is 6.12. The Morgan fingerprint density at radius 1 is 1.45 bits per heavy atom. The first-order valence-corrected chi connectivity index (χ1v) is 6.12. The van der Waals surface area contributed by atoms with Gasteiger partial charge in [-0.25, -0.2) is 9.18 Å². The Labute approximate surface area is 116 Å². The van der Waals surface area contributed by atoms with E-state index in [9.17, 15) is 19.1 Å². The predicted molar refractivity (Wildman–Crippen MR) is 72.9 cm³/mol. The van der Waals surface area contributed by atoms with Crippen LogP contribution in [0.15, 0.2) is 18.2 Å². The monoisotopic (exact) mass is 283 g/mol. The molecule has 1 aromatic rings. The van der Waals surface area contributed by atoms with Crippen LogP contribution in [0.2, 0.25) is 0 Å². The fraction of sp³-hybridized carbons (Fsp3) is 0.385. The van der Waals surface area contributed by atoms with E-state index in [1.807, 2.05) is 0 Å². The molecule has 0 saturated heterocycles. The van der Waals surface area contributed by atoms with Gasteiger partial charge in [-0.05, 0) is 31.5 Å². The van der Waals surface area contributed by atoms with Crippen LogP contribution in [0.1, 0.15) is 30.6 Å². The van der Waals surface area contributed by atoms with E-state index in [1.54, 1.807) is 13.8 Å². The molecule has 0 heterocycles. The number of hydrogen-bond acceptors (Lipinski definition) is 3. The lowest BCUT2D eigenvalue weighted by atomic mass is 10.0. The summed E-state index contributed by atoms with van der Waals surface area (Å²) in [5, 5.41) is 14.6. The van der Waals surface area contributed by atoms with Crippen LogP contribution in [0.3, 0.4) is 0 Å². The lowest BCUT2D eigenvalue weighted by Crippen LogP contribution is -2.41. The average Bonchev–Trinajstić information content (AvgIpc) is 2.38. The van der Waals surface area contributed by atoms with Crippen molar-refractivity contribution >= 4 is 17.6 Å². The third kappa shape index (κ3) is 4.51. The Kier molecular flexibility index (Phi) is 5.04. The first-order chi connectivity index (χ1) is 9.25. The molecule has 7 heteroatoms. The smallest absolute Gasteiger partial charge is 0.319 e. The van der Waals surface area contributed by atoms with Crippen molar-refractivity contribution < 1.29 is 19.1 Å². The van der Waals surface area contributed by atoms with Gasteiger partial charge < -0.3 is 21.5 Å². The van der Waals surface area contributed by atoms with Gasteiger partial charge in [0.15, 0.2) is 0 Å². The summed E-state index contributed by atoms with van der Waals surface area (Å²) >= 11 is 0. The zero-order chi connectivity index (χ0) is 15.3. The second kappa shape index (κ2) is 6.33. The molecular formula is C13H18FN3O3. The number of nitrogens with two attached hydrogens (primary N) is 1. The van der Waals surface area contributed by atoms with E-state index in [0.717, 1.165) is 12.1 Å². The number of benzene rings is 1. The number of aliphatic hydroxyl groups is 1. The molecule has 0 radical (unpaired) electrons. The van der Waals surface area contributed by atoms with Crippen molar-refractivity contribution in [3.05, 3.63) is 29.6 Å². The van der Waals surface area contributed by atoms with Gasteiger partial charge in [-0.2, -0.15) is 0 Å². The summed E-state index contributed by atoms with van der Waals surface area (Å²) in [7, 11) is 0. The minimum absolute atomic E-state index is 0.0687. The summed E-state index contributed by atoms with van der Waals surface area (Å²) in [6, 6.07) is 2.92. The predicted octanol–water partition coefficient (Wildman–Crippen LogP) is 1.21. The lowest BCUT2D eigenvalue weighted by molar-refractivity contribution is 0.0587. The molecule has 110 valence electrons. The number of nitrogens with one attached hydrogen (secondary N) is 2. The lowest BCUT2D eigenvalue weighted by Gasteiger charge is -2.21. The summed E-state index contributed by atoms with van der Waals surface area (Å²) in [6.45, 7) is 3.45. The van der Waals surface area contributed by atoms with Gasteiger partial charge in [-0.3, -0.25) is 4.79 Å². The molecule has 1 atom stereocenters. The van der Waals surface area contributed by atoms with E-state index in [4.69, 9.17) is 5.73 Å². The molecule has 0 saturated carbocycles. The number of carbonyl (C=O) groups excluding carboxylic acids is 2. The van der Waals surface area contributed by atoms with Crippen molar-refractivity contribution in [3.8, 4) is 0 Å². The van der Waals surface area contributed by atoms with Crippen LogP contribution in [0, 0.1) is 5.82 Å². The topological polar surface area (TPSA) is 104 Å². The molecule has 6 nitrogen and oxygen atoms in total. The van der Waals surface area contributed by atoms with Crippen molar-refractivity contribution in [3.63, 3.8) is 0 Å². The van der Waals surface area contributed by atoms with Crippen molar-refractivity contribution in [2.45, 2.75) is 25.9 Å². The Morgan fingerprint density at radius 3 is 2.65 bits per heavy atom. The third-order valence-corrected chi connectivity index (χ3v) is 2.88. The Hall–Kier alpha value is -2.15. The molecule has 1 rings (SSSR count). The standard InChI is InChI=1S/C13H18FN3O3/c1-3-13(2,20)7-16-12(19)17-8-4-5-10(14)9(6-8)11(15)18/h4-6,20H,3,7H2,1-2H3,(H2,15,18)(H2,16,17,19)/t13-/m1/s1. The summed E-state index contributed by atoms with van der Waals surface area (Å²) in [5.74, 6) is -1.67. The van der Waals surface area contributed by atoms with E-state index in [-0.39, 0.29) is 17.8 Å². The van der Waals surface area contributed by atoms with Gasteiger partial charge in [0.05, 0.1) is 11.2 Å². The second-order valence-electron chi connectivity index (χ2n) is 4.72. The summed E-state index contributed by atoms with van der Waals surface area (Å²) in [5.41, 5.74) is 3.93. The fourth-order valence-electron chi connectivity index (χ4n) is 1.36. The van der Waals surface area contributed by atoms with Gasteiger partial charge in [-0.15, -0.1) is 0 Å². The van der Waals surface area contributed by atoms with E-state index >= 15 is 0 Å². The van der Waals surface area contributed by atoms with Crippen LogP contribution in [0.4, 0.5) is 14.9 Å². The molecule has 1 aromatic carbocycles. The van der Waals surface area contributed by atoms with Crippen molar-refractivity contribution in [1.29, 1.82) is 0 Å². The van der Waals surface area contributed by atoms with Gasteiger partial charge in [-0.1, -0.05) is 6.92 Å². The molecule has 0 bridgehead atoms. The van der Waals surface area contributed by atoms with Crippen LogP contribution in [-0.4, -0.2) is 29.2 Å². The second-order valence-corrected chi connectivity index (χ2v) is 4.72. The molecule has 0 aliphatic heterocycles. The Balaban J connectivity index is 2.67. The first kappa shape index (κ1) is 15.9. The van der Waals surface area contributed by atoms with E-state index in [1.165, 1.54) is 6.07 Å².